The smallest absolute Gasteiger partial charge is 0.269 e. The van der Waals surface area contributed by atoms with Gasteiger partial charge in [-0.2, -0.15) is 5.10 Å². The Balaban J connectivity index is 1.50. The van der Waals surface area contributed by atoms with E-state index in [-0.39, 0.29) is 17.5 Å². The number of carbonyl (C=O) groups is 2. The molecule has 24 heavy (non-hydrogen) atoms. The molecular weight excluding hydrogens is 324 g/mol. The number of nitrogens with zero attached hydrogens (tertiary/aromatic N) is 2. The second-order valence-corrected chi connectivity index (χ2v) is 7.56. The van der Waals surface area contributed by atoms with Crippen LogP contribution in [0.5, 0.6) is 0 Å². The molecule has 2 aromatic heterocycles. The predicted molar refractivity (Wildman–Crippen MR) is 91.3 cm³/mol. The number of nitrogens with one attached hydrogen (secondary N) is 1. The molecule has 1 saturated carbocycles. The highest BCUT2D eigenvalue weighted by Gasteiger charge is 2.32. The van der Waals surface area contributed by atoms with E-state index in [0.717, 1.165) is 30.0 Å². The van der Waals surface area contributed by atoms with Gasteiger partial charge in [-0.05, 0) is 54.7 Å². The molecule has 1 aliphatic carbocycles. The number of hydrogen-bond acceptors (Lipinski definition) is 4. The molecule has 3 N–H and O–H groups in total. The second kappa shape index (κ2) is 6.05. The van der Waals surface area contributed by atoms with E-state index >= 15 is 0 Å². The van der Waals surface area contributed by atoms with E-state index in [9.17, 15) is 9.59 Å². The van der Waals surface area contributed by atoms with Crippen molar-refractivity contribution in [2.45, 2.75) is 37.5 Å². The van der Waals surface area contributed by atoms with Crippen LogP contribution in [-0.4, -0.2) is 40.0 Å². The van der Waals surface area contributed by atoms with Gasteiger partial charge in [0.05, 0.1) is 4.88 Å². The van der Waals surface area contributed by atoms with Crippen LogP contribution in [0.3, 0.4) is 0 Å². The normalized spacial score (nSPS) is 21.0. The molecule has 2 fully saturated rings. The Morgan fingerprint density at radius 3 is 2.83 bits per heavy atom. The first kappa shape index (κ1) is 15.4. The topological polar surface area (TPSA) is 92.1 Å². The Morgan fingerprint density at radius 2 is 2.12 bits per heavy atom. The van der Waals surface area contributed by atoms with E-state index in [4.69, 9.17) is 5.73 Å². The number of H-pyrrole nitrogens is 1. The van der Waals surface area contributed by atoms with E-state index in [0.29, 0.717) is 12.5 Å². The second-order valence-electron chi connectivity index (χ2n) is 6.64. The van der Waals surface area contributed by atoms with Crippen molar-refractivity contribution in [3.63, 3.8) is 0 Å². The standard InChI is InChI=1S/C17H20N4O2S/c18-16(22)14-8-13(19-20-14)11-2-1-6-21(9-11)17(23)15-12(5-7-24-15)10-3-4-10/h5,7-8,10-11H,1-4,6,9H2,(H2,18,22)(H,19,20). The van der Waals surface area contributed by atoms with Crippen molar-refractivity contribution in [3.05, 3.63) is 39.3 Å². The molecule has 0 radical (unpaired) electrons. The Bertz CT molecular complexity index is 777. The maximum Gasteiger partial charge on any atom is 0.269 e. The summed E-state index contributed by atoms with van der Waals surface area (Å²) in [6.07, 6.45) is 4.32. The molecule has 7 heteroatoms. The van der Waals surface area contributed by atoms with Gasteiger partial charge < -0.3 is 10.6 Å². The number of likely N-dealkylation sites (tertiary alicyclic amines) is 1. The number of rotatable bonds is 4. The Labute approximate surface area is 144 Å². The lowest BCUT2D eigenvalue weighted by molar-refractivity contribution is 0.0709. The van der Waals surface area contributed by atoms with Gasteiger partial charge in [-0.1, -0.05) is 0 Å². The molecule has 0 spiro atoms. The molecule has 0 bridgehead atoms. The van der Waals surface area contributed by atoms with Crippen LogP contribution >= 0.6 is 11.3 Å². The number of hydrogen-bond donors (Lipinski definition) is 2. The van der Waals surface area contributed by atoms with Gasteiger partial charge in [-0.3, -0.25) is 14.7 Å². The van der Waals surface area contributed by atoms with Crippen molar-refractivity contribution in [1.82, 2.24) is 15.1 Å². The van der Waals surface area contributed by atoms with Crippen LogP contribution in [0.15, 0.2) is 17.5 Å². The number of carbonyl (C=O) groups excluding carboxylic acids is 2. The quantitative estimate of drug-likeness (QED) is 0.892. The summed E-state index contributed by atoms with van der Waals surface area (Å²) in [4.78, 5) is 27.0. The molecule has 0 aromatic carbocycles. The van der Waals surface area contributed by atoms with Gasteiger partial charge in [-0.15, -0.1) is 11.3 Å². The highest BCUT2D eigenvalue weighted by Crippen LogP contribution is 2.43. The summed E-state index contributed by atoms with van der Waals surface area (Å²) in [7, 11) is 0. The van der Waals surface area contributed by atoms with Crippen LogP contribution in [-0.2, 0) is 0 Å². The molecule has 1 atom stereocenters. The molecule has 2 amide bonds. The van der Waals surface area contributed by atoms with Crippen LogP contribution in [0, 0.1) is 0 Å². The third-order valence-electron chi connectivity index (χ3n) is 4.91. The molecule has 6 nitrogen and oxygen atoms in total. The summed E-state index contributed by atoms with van der Waals surface area (Å²) in [5.41, 5.74) is 7.63. The molecule has 2 aromatic rings. The molecule has 1 aliphatic heterocycles. The van der Waals surface area contributed by atoms with Crippen molar-refractivity contribution in [2.75, 3.05) is 13.1 Å². The van der Waals surface area contributed by atoms with Gasteiger partial charge in [0.2, 0.25) is 0 Å². The average Bonchev–Trinajstić information content (AvgIpc) is 3.13. The van der Waals surface area contributed by atoms with Crippen molar-refractivity contribution in [1.29, 1.82) is 0 Å². The maximum absolute atomic E-state index is 12.9. The van der Waals surface area contributed by atoms with Crippen LogP contribution in [0.1, 0.15) is 68.9 Å². The Hall–Kier alpha value is -2.15. The number of thiophene rings is 1. The summed E-state index contributed by atoms with van der Waals surface area (Å²) in [6.45, 7) is 1.44. The van der Waals surface area contributed by atoms with Gasteiger partial charge in [0.25, 0.3) is 11.8 Å². The van der Waals surface area contributed by atoms with E-state index < -0.39 is 5.91 Å². The zero-order valence-corrected chi connectivity index (χ0v) is 14.1. The number of primary amides is 1. The fourth-order valence-corrected chi connectivity index (χ4v) is 4.39. The lowest BCUT2D eigenvalue weighted by atomic mass is 9.94. The zero-order chi connectivity index (χ0) is 16.7. The molecule has 1 unspecified atom stereocenters. The number of aromatic amines is 1. The third kappa shape index (κ3) is 2.84. The molecule has 4 rings (SSSR count). The predicted octanol–water partition coefficient (Wildman–Crippen LogP) is 2.47. The number of aromatic nitrogens is 2. The number of amides is 2. The minimum absolute atomic E-state index is 0.145. The van der Waals surface area contributed by atoms with Gasteiger partial charge in [-0.25, -0.2) is 0 Å². The fraction of sp³-hybridized carbons (Fsp3) is 0.471. The lowest BCUT2D eigenvalue weighted by Crippen LogP contribution is -2.39. The van der Waals surface area contributed by atoms with Gasteiger partial charge in [0.1, 0.15) is 5.69 Å². The summed E-state index contributed by atoms with van der Waals surface area (Å²) >= 11 is 1.55. The van der Waals surface area contributed by atoms with E-state index in [1.54, 1.807) is 17.4 Å². The first-order chi connectivity index (χ1) is 11.6. The largest absolute Gasteiger partial charge is 0.364 e. The lowest BCUT2D eigenvalue weighted by Gasteiger charge is -2.32. The summed E-state index contributed by atoms with van der Waals surface area (Å²) in [5, 5.41) is 8.88. The van der Waals surface area contributed by atoms with E-state index in [1.165, 1.54) is 18.4 Å². The maximum atomic E-state index is 12.9. The van der Waals surface area contributed by atoms with E-state index in [1.807, 2.05) is 10.3 Å². The Kier molecular flexibility index (Phi) is 3.88. The SMILES string of the molecule is NC(=O)c1cc(C2CCCN(C(=O)c3sccc3C3CC3)C2)[nH]n1. The Morgan fingerprint density at radius 1 is 1.29 bits per heavy atom. The van der Waals surface area contributed by atoms with Crippen LogP contribution < -0.4 is 5.73 Å². The number of nitrogens with two attached hydrogens (primary N) is 1. The average molecular weight is 344 g/mol. The molecule has 1 saturated heterocycles. The van der Waals surface area contributed by atoms with Crippen molar-refractivity contribution >= 4 is 23.2 Å². The van der Waals surface area contributed by atoms with Gasteiger partial charge in [0.15, 0.2) is 0 Å². The first-order valence-electron chi connectivity index (χ1n) is 8.35. The van der Waals surface area contributed by atoms with Crippen LogP contribution in [0.2, 0.25) is 0 Å². The van der Waals surface area contributed by atoms with E-state index in [2.05, 4.69) is 16.3 Å². The fourth-order valence-electron chi connectivity index (χ4n) is 3.44. The van der Waals surface area contributed by atoms with Gasteiger partial charge in [0, 0.05) is 24.7 Å². The molecule has 126 valence electrons. The third-order valence-corrected chi connectivity index (χ3v) is 5.82. The van der Waals surface area contributed by atoms with Crippen molar-refractivity contribution in [2.24, 2.45) is 5.73 Å². The van der Waals surface area contributed by atoms with Crippen molar-refractivity contribution < 1.29 is 9.59 Å². The summed E-state index contributed by atoms with van der Waals surface area (Å²) in [6, 6.07) is 3.81. The minimum atomic E-state index is -0.533. The highest BCUT2D eigenvalue weighted by molar-refractivity contribution is 7.12. The van der Waals surface area contributed by atoms with Crippen LogP contribution in [0.4, 0.5) is 0 Å². The molecule has 3 heterocycles. The molecular formula is C17H20N4O2S. The monoisotopic (exact) mass is 344 g/mol. The van der Waals surface area contributed by atoms with Crippen LogP contribution in [0.25, 0.3) is 0 Å². The van der Waals surface area contributed by atoms with Crippen molar-refractivity contribution in [3.8, 4) is 0 Å². The highest BCUT2D eigenvalue weighted by atomic mass is 32.1. The number of piperidine rings is 1. The summed E-state index contributed by atoms with van der Waals surface area (Å²) in [5.74, 6) is 0.370. The first-order valence-corrected chi connectivity index (χ1v) is 9.23. The summed E-state index contributed by atoms with van der Waals surface area (Å²) < 4.78 is 0. The molecule has 2 aliphatic rings. The zero-order valence-electron chi connectivity index (χ0n) is 13.3. The minimum Gasteiger partial charge on any atom is -0.364 e. The van der Waals surface area contributed by atoms with Gasteiger partial charge >= 0.3 is 0 Å².